The van der Waals surface area contributed by atoms with Gasteiger partial charge in [0.1, 0.15) is 0 Å². The molecule has 1 saturated heterocycles. The molecule has 0 radical (unpaired) electrons. The van der Waals surface area contributed by atoms with Crippen molar-refractivity contribution < 1.29 is 4.74 Å². The smallest absolute Gasteiger partial charge is 0.191 e. The van der Waals surface area contributed by atoms with Gasteiger partial charge in [0.15, 0.2) is 5.96 Å². The van der Waals surface area contributed by atoms with Gasteiger partial charge in [-0.25, -0.2) is 0 Å². The third-order valence-corrected chi connectivity index (χ3v) is 5.05. The number of hydrogen-bond acceptors (Lipinski definition) is 4. The second-order valence-electron chi connectivity index (χ2n) is 7.61. The highest BCUT2D eigenvalue weighted by molar-refractivity contribution is 14.0. The van der Waals surface area contributed by atoms with E-state index in [-0.39, 0.29) is 29.5 Å². The summed E-state index contributed by atoms with van der Waals surface area (Å²) in [4.78, 5) is 9.10. The number of hydrogen-bond donors (Lipinski definition) is 2. The zero-order valence-electron chi connectivity index (χ0n) is 17.4. The van der Waals surface area contributed by atoms with E-state index in [4.69, 9.17) is 4.74 Å². The molecule has 1 aromatic rings. The van der Waals surface area contributed by atoms with Crippen LogP contribution in [0.25, 0.3) is 0 Å². The molecule has 7 heteroatoms. The van der Waals surface area contributed by atoms with E-state index < -0.39 is 0 Å². The fourth-order valence-corrected chi connectivity index (χ4v) is 3.27. The van der Waals surface area contributed by atoms with Crippen molar-refractivity contribution in [2.24, 2.45) is 4.99 Å². The number of ether oxygens (including phenoxy) is 1. The highest BCUT2D eigenvalue weighted by Crippen LogP contribution is 2.17. The van der Waals surface area contributed by atoms with Crippen LogP contribution in [0.3, 0.4) is 0 Å². The molecule has 0 bridgehead atoms. The molecule has 1 aromatic carbocycles. The predicted octanol–water partition coefficient (Wildman–Crippen LogP) is 2.18. The Kier molecular flexibility index (Phi) is 10.6. The zero-order chi connectivity index (χ0) is 19.0. The molecular formula is C20H36IN5O. The highest BCUT2D eigenvalue weighted by Gasteiger charge is 2.28. The van der Waals surface area contributed by atoms with E-state index in [2.05, 4.69) is 83.7 Å². The van der Waals surface area contributed by atoms with Crippen LogP contribution in [-0.2, 0) is 4.74 Å². The average Bonchev–Trinajstić information content (AvgIpc) is 2.65. The second-order valence-corrected chi connectivity index (χ2v) is 7.61. The van der Waals surface area contributed by atoms with Crippen molar-refractivity contribution in [2.75, 3.05) is 60.5 Å². The molecule has 1 aliphatic heterocycles. The van der Waals surface area contributed by atoms with E-state index in [0.29, 0.717) is 6.04 Å². The summed E-state index contributed by atoms with van der Waals surface area (Å²) in [6, 6.07) is 10.9. The van der Waals surface area contributed by atoms with E-state index in [1.165, 1.54) is 5.56 Å². The molecule has 1 aliphatic rings. The van der Waals surface area contributed by atoms with Crippen LogP contribution in [0.5, 0.6) is 0 Å². The summed E-state index contributed by atoms with van der Waals surface area (Å²) in [5.74, 6) is 0.842. The molecule has 2 rings (SSSR count). The van der Waals surface area contributed by atoms with Crippen LogP contribution in [0.1, 0.15) is 25.5 Å². The summed E-state index contributed by atoms with van der Waals surface area (Å²) in [5, 5.41) is 6.97. The summed E-state index contributed by atoms with van der Waals surface area (Å²) in [6.45, 7) is 9.78. The van der Waals surface area contributed by atoms with Crippen molar-refractivity contribution in [1.82, 2.24) is 20.4 Å². The zero-order valence-corrected chi connectivity index (χ0v) is 19.7. The molecule has 1 atom stereocenters. The van der Waals surface area contributed by atoms with Gasteiger partial charge in [-0.15, -0.1) is 24.0 Å². The van der Waals surface area contributed by atoms with Crippen LogP contribution in [0.15, 0.2) is 35.3 Å². The lowest BCUT2D eigenvalue weighted by atomic mass is 10.0. The molecule has 0 saturated carbocycles. The van der Waals surface area contributed by atoms with E-state index in [1.807, 2.05) is 7.05 Å². The minimum absolute atomic E-state index is 0. The Labute approximate surface area is 181 Å². The first kappa shape index (κ1) is 24.1. The van der Waals surface area contributed by atoms with Crippen molar-refractivity contribution in [3.8, 4) is 0 Å². The maximum absolute atomic E-state index is 5.47. The maximum Gasteiger partial charge on any atom is 0.191 e. The SMILES string of the molecule is CN=C(NCC(c1ccccc1)N(C)C)NCC(C)(C)N1CCOCC1.I. The van der Waals surface area contributed by atoms with Crippen LogP contribution in [0.4, 0.5) is 0 Å². The van der Waals surface area contributed by atoms with Gasteiger partial charge in [-0.2, -0.15) is 0 Å². The molecule has 2 N–H and O–H groups in total. The summed E-state index contributed by atoms with van der Waals surface area (Å²) >= 11 is 0. The number of nitrogens with one attached hydrogen (secondary N) is 2. The molecule has 154 valence electrons. The lowest BCUT2D eigenvalue weighted by molar-refractivity contribution is -0.00834. The maximum atomic E-state index is 5.47. The Hall–Kier alpha value is -0.900. The van der Waals surface area contributed by atoms with Crippen LogP contribution in [0.2, 0.25) is 0 Å². The van der Waals surface area contributed by atoms with E-state index in [1.54, 1.807) is 0 Å². The summed E-state index contributed by atoms with van der Waals surface area (Å²) in [5.41, 5.74) is 1.36. The van der Waals surface area contributed by atoms with Gasteiger partial charge in [-0.3, -0.25) is 9.89 Å². The molecule has 0 amide bonds. The average molecular weight is 489 g/mol. The lowest BCUT2D eigenvalue weighted by Crippen LogP contribution is -2.56. The number of halogens is 1. The van der Waals surface area contributed by atoms with Gasteiger partial charge in [-0.05, 0) is 33.5 Å². The third-order valence-electron chi connectivity index (χ3n) is 5.05. The quantitative estimate of drug-likeness (QED) is 0.350. The van der Waals surface area contributed by atoms with Crippen molar-refractivity contribution in [3.05, 3.63) is 35.9 Å². The normalized spacial score (nSPS) is 17.3. The third kappa shape index (κ3) is 7.56. The number of rotatable bonds is 7. The predicted molar refractivity (Wildman–Crippen MR) is 124 cm³/mol. The first-order valence-corrected chi connectivity index (χ1v) is 9.43. The van der Waals surface area contributed by atoms with Gasteiger partial charge < -0.3 is 20.3 Å². The number of benzene rings is 1. The Morgan fingerprint density at radius 1 is 1.19 bits per heavy atom. The molecule has 1 unspecified atom stereocenters. The second kappa shape index (κ2) is 11.8. The standard InChI is InChI=1S/C20H35N5O.HI/c1-20(2,25-11-13-26-14-12-25)16-23-19(21-3)22-15-18(24(4)5)17-9-7-6-8-10-17;/h6-10,18H,11-16H2,1-5H3,(H2,21,22,23);1H. The molecule has 0 aliphatic carbocycles. The van der Waals surface area contributed by atoms with Crippen LogP contribution >= 0.6 is 24.0 Å². The Balaban J connectivity index is 0.00000364. The van der Waals surface area contributed by atoms with Crippen LogP contribution < -0.4 is 10.6 Å². The number of likely N-dealkylation sites (N-methyl/N-ethyl adjacent to an activating group) is 1. The van der Waals surface area contributed by atoms with E-state index >= 15 is 0 Å². The molecular weight excluding hydrogens is 453 g/mol. The van der Waals surface area contributed by atoms with Crippen molar-refractivity contribution in [3.63, 3.8) is 0 Å². The van der Waals surface area contributed by atoms with Crippen molar-refractivity contribution in [1.29, 1.82) is 0 Å². The number of guanidine groups is 1. The highest BCUT2D eigenvalue weighted by atomic mass is 127. The molecule has 0 spiro atoms. The largest absolute Gasteiger partial charge is 0.379 e. The minimum Gasteiger partial charge on any atom is -0.379 e. The lowest BCUT2D eigenvalue weighted by Gasteiger charge is -2.41. The molecule has 0 aromatic heterocycles. The fourth-order valence-electron chi connectivity index (χ4n) is 3.27. The molecule has 1 heterocycles. The van der Waals surface area contributed by atoms with E-state index in [9.17, 15) is 0 Å². The minimum atomic E-state index is 0. The van der Waals surface area contributed by atoms with E-state index in [0.717, 1.165) is 45.4 Å². The molecule has 27 heavy (non-hydrogen) atoms. The van der Waals surface area contributed by atoms with Gasteiger partial charge in [0.2, 0.25) is 0 Å². The molecule has 6 nitrogen and oxygen atoms in total. The Bertz CT molecular complexity index is 559. The first-order chi connectivity index (χ1) is 12.4. The van der Waals surface area contributed by atoms with Crippen LogP contribution in [0, 0.1) is 0 Å². The van der Waals surface area contributed by atoms with Gasteiger partial charge in [-0.1, -0.05) is 30.3 Å². The Morgan fingerprint density at radius 3 is 2.37 bits per heavy atom. The summed E-state index contributed by atoms with van der Waals surface area (Å²) in [7, 11) is 6.04. The van der Waals surface area contributed by atoms with Crippen LogP contribution in [-0.4, -0.2) is 81.8 Å². The van der Waals surface area contributed by atoms with Gasteiger partial charge in [0, 0.05) is 38.8 Å². The monoisotopic (exact) mass is 489 g/mol. The number of aliphatic imine (C=N–C) groups is 1. The molecule has 1 fully saturated rings. The van der Waals surface area contributed by atoms with Crippen molar-refractivity contribution in [2.45, 2.75) is 25.4 Å². The fraction of sp³-hybridized carbons (Fsp3) is 0.650. The summed E-state index contributed by atoms with van der Waals surface area (Å²) in [6.07, 6.45) is 0. The topological polar surface area (TPSA) is 52.1 Å². The summed E-state index contributed by atoms with van der Waals surface area (Å²) < 4.78 is 5.47. The Morgan fingerprint density at radius 2 is 1.81 bits per heavy atom. The van der Waals surface area contributed by atoms with Gasteiger partial charge in [0.25, 0.3) is 0 Å². The van der Waals surface area contributed by atoms with Gasteiger partial charge in [0.05, 0.1) is 19.3 Å². The van der Waals surface area contributed by atoms with Crippen molar-refractivity contribution >= 4 is 29.9 Å². The first-order valence-electron chi connectivity index (χ1n) is 9.43. The number of morpholine rings is 1. The number of nitrogens with zero attached hydrogens (tertiary/aromatic N) is 3. The van der Waals surface area contributed by atoms with Gasteiger partial charge >= 0.3 is 0 Å².